The number of halogens is 3. The van der Waals surface area contributed by atoms with Crippen molar-refractivity contribution < 1.29 is 4.79 Å². The van der Waals surface area contributed by atoms with Crippen LogP contribution >= 0.6 is 36.4 Å². The molecule has 4 nitrogen and oxygen atoms in total. The topological polar surface area (TPSA) is 49.6 Å². The molecule has 1 aromatic carbocycles. The Kier molecular flexibility index (Phi) is 11.7. The molecule has 0 aromatic heterocycles. The van der Waals surface area contributed by atoms with Crippen molar-refractivity contribution in [1.29, 1.82) is 0 Å². The minimum Gasteiger partial charge on any atom is -0.340 e. The minimum atomic E-state index is -0.340. The van der Waals surface area contributed by atoms with Crippen molar-refractivity contribution in [2.45, 2.75) is 38.8 Å². The molecule has 1 saturated heterocycles. The first-order valence-corrected chi connectivity index (χ1v) is 8.49. The number of nitrogens with zero attached hydrogens (tertiary/aromatic N) is 2. The summed E-state index contributed by atoms with van der Waals surface area (Å²) in [6.45, 7) is 6.45. The van der Waals surface area contributed by atoms with Crippen LogP contribution in [0.15, 0.2) is 24.3 Å². The molecule has 2 rings (SSSR count). The minimum absolute atomic E-state index is 0. The van der Waals surface area contributed by atoms with Gasteiger partial charge in [-0.3, -0.25) is 9.69 Å². The van der Waals surface area contributed by atoms with Crippen molar-refractivity contribution in [3.05, 3.63) is 34.9 Å². The van der Waals surface area contributed by atoms with E-state index in [2.05, 4.69) is 24.0 Å². The second-order valence-electron chi connectivity index (χ2n) is 5.98. The van der Waals surface area contributed by atoms with E-state index in [1.807, 2.05) is 17.0 Å². The summed E-state index contributed by atoms with van der Waals surface area (Å²) < 4.78 is 0. The Bertz CT molecular complexity index is 484. The van der Waals surface area contributed by atoms with Gasteiger partial charge in [0.1, 0.15) is 0 Å². The summed E-state index contributed by atoms with van der Waals surface area (Å²) in [5, 5.41) is 0.765. The van der Waals surface area contributed by atoms with Crippen LogP contribution in [0.2, 0.25) is 5.02 Å². The number of hydrogen-bond donors (Lipinski definition) is 1. The van der Waals surface area contributed by atoms with Gasteiger partial charge in [0.15, 0.2) is 0 Å². The van der Waals surface area contributed by atoms with Crippen LogP contribution in [0.4, 0.5) is 0 Å². The lowest BCUT2D eigenvalue weighted by Gasteiger charge is -2.24. The zero-order chi connectivity index (χ0) is 15.9. The first-order chi connectivity index (χ1) is 10.6. The largest absolute Gasteiger partial charge is 0.340 e. The summed E-state index contributed by atoms with van der Waals surface area (Å²) in [5.41, 5.74) is 7.22. The van der Waals surface area contributed by atoms with Crippen LogP contribution < -0.4 is 5.73 Å². The molecule has 1 atom stereocenters. The van der Waals surface area contributed by atoms with E-state index >= 15 is 0 Å². The number of benzene rings is 1. The fraction of sp³-hybridized carbons (Fsp3) is 0.588. The predicted molar refractivity (Wildman–Crippen MR) is 105 cm³/mol. The normalized spacial score (nSPS) is 16.5. The second-order valence-corrected chi connectivity index (χ2v) is 6.41. The van der Waals surface area contributed by atoms with E-state index in [9.17, 15) is 4.79 Å². The van der Waals surface area contributed by atoms with Gasteiger partial charge in [-0.2, -0.15) is 0 Å². The summed E-state index contributed by atoms with van der Waals surface area (Å²) >= 11 is 5.92. The molecule has 0 saturated carbocycles. The highest BCUT2D eigenvalue weighted by Crippen LogP contribution is 2.13. The Morgan fingerprint density at radius 3 is 2.46 bits per heavy atom. The fourth-order valence-electron chi connectivity index (χ4n) is 2.87. The number of carbonyl (C=O) groups is 1. The van der Waals surface area contributed by atoms with Crippen molar-refractivity contribution in [2.24, 2.45) is 5.73 Å². The van der Waals surface area contributed by atoms with Crippen molar-refractivity contribution in [2.75, 3.05) is 26.2 Å². The van der Waals surface area contributed by atoms with E-state index in [-0.39, 0.29) is 36.8 Å². The quantitative estimate of drug-likeness (QED) is 0.830. The van der Waals surface area contributed by atoms with Gasteiger partial charge in [0.25, 0.3) is 0 Å². The first kappa shape index (κ1) is 23.5. The number of amides is 1. The Morgan fingerprint density at radius 2 is 1.83 bits per heavy atom. The smallest absolute Gasteiger partial charge is 0.239 e. The monoisotopic (exact) mass is 395 g/mol. The molecule has 2 N–H and O–H groups in total. The lowest BCUT2D eigenvalue weighted by molar-refractivity contribution is -0.132. The molecule has 1 fully saturated rings. The number of rotatable bonds is 5. The zero-order valence-corrected chi connectivity index (χ0v) is 16.5. The number of carbonyl (C=O) groups excluding carboxylic acids is 1. The second kappa shape index (κ2) is 11.9. The highest BCUT2D eigenvalue weighted by Gasteiger charge is 2.23. The van der Waals surface area contributed by atoms with Gasteiger partial charge in [0.2, 0.25) is 5.91 Å². The van der Waals surface area contributed by atoms with Gasteiger partial charge >= 0.3 is 0 Å². The maximum atomic E-state index is 12.3. The van der Waals surface area contributed by atoms with Gasteiger partial charge in [-0.25, -0.2) is 0 Å². The highest BCUT2D eigenvalue weighted by molar-refractivity contribution is 6.30. The molecule has 24 heavy (non-hydrogen) atoms. The molecule has 0 radical (unpaired) electrons. The predicted octanol–water partition coefficient (Wildman–Crippen LogP) is 3.35. The van der Waals surface area contributed by atoms with Crippen LogP contribution in [-0.2, 0) is 11.3 Å². The molecule has 0 bridgehead atoms. The standard InChI is InChI=1S/C17H26ClN3O.2ClH/c1-2-4-16(19)17(22)21-10-3-9-20(11-12-21)13-14-5-7-15(18)8-6-14;;/h5-8,16H,2-4,9-13,19H2,1H3;2*1H. The fourth-order valence-corrected chi connectivity index (χ4v) is 2.99. The Labute approximate surface area is 162 Å². The summed E-state index contributed by atoms with van der Waals surface area (Å²) in [6.07, 6.45) is 2.71. The first-order valence-electron chi connectivity index (χ1n) is 8.11. The highest BCUT2D eigenvalue weighted by atomic mass is 35.5. The van der Waals surface area contributed by atoms with Crippen molar-refractivity contribution in [3.8, 4) is 0 Å². The summed E-state index contributed by atoms with van der Waals surface area (Å²) in [5.74, 6) is 0.107. The Hall–Kier alpha value is -0.520. The molecule has 0 spiro atoms. The molecule has 1 unspecified atom stereocenters. The summed E-state index contributed by atoms with van der Waals surface area (Å²) in [7, 11) is 0. The third-order valence-corrected chi connectivity index (χ3v) is 4.39. The molecule has 1 heterocycles. The molecule has 7 heteroatoms. The van der Waals surface area contributed by atoms with Crippen LogP contribution in [-0.4, -0.2) is 47.9 Å². The van der Waals surface area contributed by atoms with Crippen LogP contribution in [0.5, 0.6) is 0 Å². The van der Waals surface area contributed by atoms with E-state index in [0.29, 0.717) is 0 Å². The molecule has 0 aliphatic carbocycles. The number of hydrogen-bond acceptors (Lipinski definition) is 3. The molecule has 1 aromatic rings. The maximum absolute atomic E-state index is 12.3. The molecule has 1 aliphatic heterocycles. The summed E-state index contributed by atoms with van der Waals surface area (Å²) in [6, 6.07) is 7.64. The van der Waals surface area contributed by atoms with Crippen molar-refractivity contribution >= 4 is 42.3 Å². The van der Waals surface area contributed by atoms with E-state index in [4.69, 9.17) is 17.3 Å². The van der Waals surface area contributed by atoms with Crippen molar-refractivity contribution in [3.63, 3.8) is 0 Å². The van der Waals surface area contributed by atoms with Crippen LogP contribution in [0, 0.1) is 0 Å². The van der Waals surface area contributed by atoms with Gasteiger partial charge in [0, 0.05) is 37.7 Å². The van der Waals surface area contributed by atoms with E-state index < -0.39 is 0 Å². The third-order valence-electron chi connectivity index (χ3n) is 4.14. The van der Waals surface area contributed by atoms with Crippen LogP contribution in [0.1, 0.15) is 31.7 Å². The lowest BCUT2D eigenvalue weighted by Crippen LogP contribution is -2.45. The Balaban J connectivity index is 0.00000264. The average Bonchev–Trinajstić information content (AvgIpc) is 2.75. The van der Waals surface area contributed by atoms with Crippen LogP contribution in [0.25, 0.3) is 0 Å². The van der Waals surface area contributed by atoms with Gasteiger partial charge in [-0.1, -0.05) is 37.1 Å². The maximum Gasteiger partial charge on any atom is 0.239 e. The molecule has 1 amide bonds. The van der Waals surface area contributed by atoms with E-state index in [1.54, 1.807) is 0 Å². The van der Waals surface area contributed by atoms with Gasteiger partial charge in [-0.05, 0) is 30.5 Å². The average molecular weight is 397 g/mol. The van der Waals surface area contributed by atoms with Crippen LogP contribution in [0.3, 0.4) is 0 Å². The van der Waals surface area contributed by atoms with Gasteiger partial charge in [-0.15, -0.1) is 24.8 Å². The van der Waals surface area contributed by atoms with Gasteiger partial charge < -0.3 is 10.6 Å². The van der Waals surface area contributed by atoms with Gasteiger partial charge in [0.05, 0.1) is 6.04 Å². The number of nitrogens with two attached hydrogens (primary N) is 1. The summed E-state index contributed by atoms with van der Waals surface area (Å²) in [4.78, 5) is 16.6. The SMILES string of the molecule is CCCC(N)C(=O)N1CCCN(Cc2ccc(Cl)cc2)CC1.Cl.Cl. The zero-order valence-electron chi connectivity index (χ0n) is 14.1. The van der Waals surface area contributed by atoms with Crippen molar-refractivity contribution in [1.82, 2.24) is 9.80 Å². The van der Waals surface area contributed by atoms with E-state index in [1.165, 1.54) is 5.56 Å². The molecular weight excluding hydrogens is 369 g/mol. The molecular formula is C17H28Cl3N3O. The Morgan fingerprint density at radius 1 is 1.17 bits per heavy atom. The molecule has 1 aliphatic rings. The third kappa shape index (κ3) is 7.16. The van der Waals surface area contributed by atoms with E-state index in [0.717, 1.165) is 57.0 Å². The lowest BCUT2D eigenvalue weighted by atomic mass is 10.1. The molecule has 138 valence electrons.